The summed E-state index contributed by atoms with van der Waals surface area (Å²) in [6.07, 6.45) is 0. The molecule has 2 aromatic rings. The third-order valence-corrected chi connectivity index (χ3v) is 4.13. The second-order valence-corrected chi connectivity index (χ2v) is 5.83. The quantitative estimate of drug-likeness (QED) is 0.795. The topological polar surface area (TPSA) is 103 Å². The maximum Gasteiger partial charge on any atom is 0.224 e. The van der Waals surface area contributed by atoms with Crippen molar-refractivity contribution in [2.45, 2.75) is 25.7 Å². The number of rotatable bonds is 6. The van der Waals surface area contributed by atoms with Gasteiger partial charge in [0.05, 0.1) is 11.8 Å². The first-order chi connectivity index (χ1) is 11.3. The Morgan fingerprint density at radius 2 is 1.21 bits per heavy atom. The van der Waals surface area contributed by atoms with Crippen LogP contribution in [0, 0.1) is 0 Å². The van der Waals surface area contributed by atoms with E-state index in [-0.39, 0.29) is 5.78 Å². The second kappa shape index (κ2) is 7.08. The zero-order valence-electron chi connectivity index (χ0n) is 13.7. The molecule has 5 nitrogen and oxygen atoms in total. The Kier molecular flexibility index (Phi) is 5.14. The highest BCUT2D eigenvalue weighted by atomic mass is 16.1. The molecule has 0 saturated heterocycles. The van der Waals surface area contributed by atoms with Gasteiger partial charge in [-0.3, -0.25) is 14.4 Å². The van der Waals surface area contributed by atoms with Crippen LogP contribution in [0.3, 0.4) is 0 Å². The van der Waals surface area contributed by atoms with Crippen molar-refractivity contribution in [1.29, 1.82) is 0 Å². The number of amides is 2. The molecule has 4 N–H and O–H groups in total. The van der Waals surface area contributed by atoms with Crippen LogP contribution in [-0.2, 0) is 9.59 Å². The maximum absolute atomic E-state index is 12.7. The molecule has 0 bridgehead atoms. The average Bonchev–Trinajstić information content (AvgIpc) is 2.59. The fourth-order valence-electron chi connectivity index (χ4n) is 2.39. The Hall–Kier alpha value is -2.95. The molecule has 2 amide bonds. The number of nitrogens with two attached hydrogens (primary N) is 2. The molecule has 2 aromatic carbocycles. The first kappa shape index (κ1) is 17.4. The van der Waals surface area contributed by atoms with Crippen LogP contribution < -0.4 is 11.5 Å². The minimum absolute atomic E-state index is 0.188. The van der Waals surface area contributed by atoms with E-state index in [1.807, 2.05) is 6.07 Å². The van der Waals surface area contributed by atoms with Crippen molar-refractivity contribution in [2.24, 2.45) is 11.5 Å². The Labute approximate surface area is 140 Å². The Bertz CT molecular complexity index is 746. The molecule has 0 spiro atoms. The van der Waals surface area contributed by atoms with Gasteiger partial charge in [-0.2, -0.15) is 0 Å². The molecule has 2 rings (SSSR count). The van der Waals surface area contributed by atoms with E-state index in [4.69, 9.17) is 11.5 Å². The third-order valence-electron chi connectivity index (χ3n) is 4.13. The maximum atomic E-state index is 12.7. The molecule has 5 heteroatoms. The molecule has 0 radical (unpaired) electrons. The molecular weight excluding hydrogens is 304 g/mol. The standard InChI is InChI=1S/C19H20N2O3/c1-11(18(20)23)14-8-15(12(2)19(21)24)10-16(9-14)17(22)13-6-4-3-5-7-13/h3-12H,1-2H3,(H2,20,23)(H2,21,24). The number of hydrogen-bond acceptors (Lipinski definition) is 3. The van der Waals surface area contributed by atoms with Gasteiger partial charge in [-0.15, -0.1) is 0 Å². The number of carbonyl (C=O) groups excluding carboxylic acids is 3. The summed E-state index contributed by atoms with van der Waals surface area (Å²) in [5.41, 5.74) is 12.9. The van der Waals surface area contributed by atoms with E-state index in [1.54, 1.807) is 56.3 Å². The Morgan fingerprint density at radius 1 is 0.750 bits per heavy atom. The van der Waals surface area contributed by atoms with Gasteiger partial charge in [0.15, 0.2) is 5.78 Å². The average molecular weight is 324 g/mol. The van der Waals surface area contributed by atoms with Crippen molar-refractivity contribution < 1.29 is 14.4 Å². The largest absolute Gasteiger partial charge is 0.369 e. The summed E-state index contributed by atoms with van der Waals surface area (Å²) in [6, 6.07) is 13.8. The van der Waals surface area contributed by atoms with Gasteiger partial charge in [0, 0.05) is 11.1 Å². The van der Waals surface area contributed by atoms with Crippen LogP contribution in [0.5, 0.6) is 0 Å². The van der Waals surface area contributed by atoms with E-state index in [0.717, 1.165) is 0 Å². The smallest absolute Gasteiger partial charge is 0.224 e. The van der Waals surface area contributed by atoms with Gasteiger partial charge in [-0.25, -0.2) is 0 Å². The lowest BCUT2D eigenvalue weighted by molar-refractivity contribution is -0.119. The highest BCUT2D eigenvalue weighted by Gasteiger charge is 2.20. The predicted molar refractivity (Wildman–Crippen MR) is 91.5 cm³/mol. The number of benzene rings is 2. The van der Waals surface area contributed by atoms with Gasteiger partial charge < -0.3 is 11.5 Å². The second-order valence-electron chi connectivity index (χ2n) is 5.83. The minimum Gasteiger partial charge on any atom is -0.369 e. The van der Waals surface area contributed by atoms with E-state index >= 15 is 0 Å². The van der Waals surface area contributed by atoms with Crippen molar-refractivity contribution >= 4 is 17.6 Å². The first-order valence-electron chi connectivity index (χ1n) is 7.64. The van der Waals surface area contributed by atoms with Crippen LogP contribution in [0.4, 0.5) is 0 Å². The van der Waals surface area contributed by atoms with Crippen molar-refractivity contribution in [3.63, 3.8) is 0 Å². The van der Waals surface area contributed by atoms with Crippen LogP contribution in [0.1, 0.15) is 52.7 Å². The summed E-state index contributed by atoms with van der Waals surface area (Å²) in [5.74, 6) is -2.35. The summed E-state index contributed by atoms with van der Waals surface area (Å²) in [6.45, 7) is 3.32. The fraction of sp³-hybridized carbons (Fsp3) is 0.211. The molecule has 24 heavy (non-hydrogen) atoms. The molecule has 0 aliphatic rings. The van der Waals surface area contributed by atoms with Crippen molar-refractivity contribution in [3.05, 3.63) is 70.8 Å². The highest BCUT2D eigenvalue weighted by Crippen LogP contribution is 2.25. The molecule has 0 fully saturated rings. The van der Waals surface area contributed by atoms with Crippen LogP contribution in [0.15, 0.2) is 48.5 Å². The van der Waals surface area contributed by atoms with E-state index in [1.165, 1.54) is 0 Å². The van der Waals surface area contributed by atoms with Crippen molar-refractivity contribution in [1.82, 2.24) is 0 Å². The van der Waals surface area contributed by atoms with Crippen molar-refractivity contribution in [3.8, 4) is 0 Å². The number of hydrogen-bond donors (Lipinski definition) is 2. The lowest BCUT2D eigenvalue weighted by Gasteiger charge is -2.15. The Morgan fingerprint density at radius 3 is 1.62 bits per heavy atom. The molecule has 2 atom stereocenters. The van der Waals surface area contributed by atoms with E-state index < -0.39 is 23.7 Å². The summed E-state index contributed by atoms with van der Waals surface area (Å²) < 4.78 is 0. The molecule has 124 valence electrons. The SMILES string of the molecule is CC(C(N)=O)c1cc(C(=O)c2ccccc2)cc(C(C)C(N)=O)c1. The highest BCUT2D eigenvalue weighted by molar-refractivity contribution is 6.09. The minimum atomic E-state index is -0.577. The lowest BCUT2D eigenvalue weighted by atomic mass is 9.89. The molecule has 0 saturated carbocycles. The van der Waals surface area contributed by atoms with Crippen LogP contribution in [0.2, 0.25) is 0 Å². The lowest BCUT2D eigenvalue weighted by Crippen LogP contribution is -2.21. The third kappa shape index (κ3) is 3.68. The Balaban J connectivity index is 2.56. The molecule has 2 unspecified atom stereocenters. The van der Waals surface area contributed by atoms with Crippen LogP contribution in [0.25, 0.3) is 0 Å². The van der Waals surface area contributed by atoms with Crippen LogP contribution in [-0.4, -0.2) is 17.6 Å². The van der Waals surface area contributed by atoms with E-state index in [9.17, 15) is 14.4 Å². The van der Waals surface area contributed by atoms with Gasteiger partial charge >= 0.3 is 0 Å². The molecule has 0 aromatic heterocycles. The number of primary amides is 2. The predicted octanol–water partition coefficient (Wildman–Crippen LogP) is 2.10. The molecular formula is C19H20N2O3. The van der Waals surface area contributed by atoms with E-state index in [0.29, 0.717) is 22.3 Å². The summed E-state index contributed by atoms with van der Waals surface area (Å²) in [5, 5.41) is 0. The van der Waals surface area contributed by atoms with E-state index in [2.05, 4.69) is 0 Å². The van der Waals surface area contributed by atoms with Crippen LogP contribution >= 0.6 is 0 Å². The van der Waals surface area contributed by atoms with Gasteiger partial charge in [-0.05, 0) is 37.1 Å². The van der Waals surface area contributed by atoms with Gasteiger partial charge in [0.2, 0.25) is 11.8 Å². The number of carbonyl (C=O) groups is 3. The summed E-state index contributed by atoms with van der Waals surface area (Å²) in [4.78, 5) is 35.7. The van der Waals surface area contributed by atoms with Crippen molar-refractivity contribution in [2.75, 3.05) is 0 Å². The number of ketones is 1. The normalized spacial score (nSPS) is 13.1. The van der Waals surface area contributed by atoms with Gasteiger partial charge in [0.25, 0.3) is 0 Å². The zero-order valence-corrected chi connectivity index (χ0v) is 13.7. The zero-order chi connectivity index (χ0) is 17.9. The van der Waals surface area contributed by atoms with Gasteiger partial charge in [-0.1, -0.05) is 36.4 Å². The first-order valence-corrected chi connectivity index (χ1v) is 7.64. The molecule has 0 aliphatic heterocycles. The van der Waals surface area contributed by atoms with Gasteiger partial charge in [0.1, 0.15) is 0 Å². The molecule has 0 heterocycles. The molecule has 0 aliphatic carbocycles. The summed E-state index contributed by atoms with van der Waals surface area (Å²) >= 11 is 0. The fourth-order valence-corrected chi connectivity index (χ4v) is 2.39. The monoisotopic (exact) mass is 324 g/mol. The summed E-state index contributed by atoms with van der Waals surface area (Å²) in [7, 11) is 0.